The highest BCUT2D eigenvalue weighted by molar-refractivity contribution is 7.89. The molecular formula is C20H20ClN3O7S. The number of benzene rings is 2. The number of carbonyl (C=O) groups excluding carboxylic acids is 2. The average Bonchev–Trinajstić information content (AvgIpc) is 2.78. The number of ether oxygens (including phenoxy) is 1. The molecule has 1 saturated heterocycles. The molecule has 0 radical (unpaired) electrons. The van der Waals surface area contributed by atoms with Gasteiger partial charge >= 0.3 is 5.97 Å². The quantitative estimate of drug-likeness (QED) is 0.364. The van der Waals surface area contributed by atoms with Crippen LogP contribution in [0, 0.1) is 10.1 Å². The van der Waals surface area contributed by atoms with E-state index in [1.807, 2.05) is 0 Å². The van der Waals surface area contributed by atoms with Crippen LogP contribution in [0.4, 0.5) is 11.4 Å². The van der Waals surface area contributed by atoms with Gasteiger partial charge in [0.25, 0.3) is 11.6 Å². The summed E-state index contributed by atoms with van der Waals surface area (Å²) in [5.74, 6) is -1.74. The Bertz CT molecular complexity index is 1130. The van der Waals surface area contributed by atoms with Crippen molar-refractivity contribution in [2.45, 2.75) is 24.2 Å². The first-order valence-electron chi connectivity index (χ1n) is 9.69. The highest BCUT2D eigenvalue weighted by atomic mass is 35.5. The van der Waals surface area contributed by atoms with Gasteiger partial charge in [-0.25, -0.2) is 13.2 Å². The fourth-order valence-electron chi connectivity index (χ4n) is 3.20. The Kier molecular flexibility index (Phi) is 7.44. The van der Waals surface area contributed by atoms with E-state index in [-0.39, 0.29) is 15.5 Å². The first-order chi connectivity index (χ1) is 15.2. The molecule has 2 aromatic rings. The number of sulfonamides is 1. The first-order valence-corrected chi connectivity index (χ1v) is 11.5. The first kappa shape index (κ1) is 23.6. The van der Waals surface area contributed by atoms with Crippen molar-refractivity contribution < 1.29 is 27.7 Å². The van der Waals surface area contributed by atoms with Crippen LogP contribution in [-0.4, -0.2) is 49.2 Å². The lowest BCUT2D eigenvalue weighted by atomic mass is 10.2. The number of nitro benzene ring substituents is 1. The molecule has 0 unspecified atom stereocenters. The van der Waals surface area contributed by atoms with Crippen LogP contribution in [0.2, 0.25) is 5.02 Å². The number of halogens is 1. The Morgan fingerprint density at radius 2 is 1.75 bits per heavy atom. The summed E-state index contributed by atoms with van der Waals surface area (Å²) in [5.41, 5.74) is -0.561. The summed E-state index contributed by atoms with van der Waals surface area (Å²) in [6.45, 7) is 0.280. The van der Waals surface area contributed by atoms with Crippen LogP contribution in [-0.2, 0) is 19.6 Å². The fourth-order valence-corrected chi connectivity index (χ4v) is 4.88. The summed E-state index contributed by atoms with van der Waals surface area (Å²) >= 11 is 5.71. The molecule has 0 bridgehead atoms. The third kappa shape index (κ3) is 5.61. The van der Waals surface area contributed by atoms with E-state index >= 15 is 0 Å². The van der Waals surface area contributed by atoms with E-state index in [9.17, 15) is 28.1 Å². The Morgan fingerprint density at radius 1 is 1.09 bits per heavy atom. The van der Waals surface area contributed by atoms with Gasteiger partial charge in [-0.3, -0.25) is 14.9 Å². The molecule has 170 valence electrons. The van der Waals surface area contributed by atoms with Gasteiger partial charge in [0, 0.05) is 29.9 Å². The number of nitro groups is 1. The van der Waals surface area contributed by atoms with Crippen LogP contribution in [0.15, 0.2) is 47.4 Å². The minimum atomic E-state index is -3.59. The summed E-state index contributed by atoms with van der Waals surface area (Å²) in [7, 11) is -3.59. The van der Waals surface area contributed by atoms with Gasteiger partial charge in [-0.1, -0.05) is 18.0 Å². The molecule has 1 aliphatic rings. The monoisotopic (exact) mass is 481 g/mol. The van der Waals surface area contributed by atoms with Gasteiger partial charge in [-0.2, -0.15) is 4.31 Å². The topological polar surface area (TPSA) is 136 Å². The van der Waals surface area contributed by atoms with Gasteiger partial charge in [0.15, 0.2) is 6.61 Å². The standard InChI is InChI=1S/C20H20ClN3O7S/c21-14-4-9-17(18(12-14)24(27)28)20(26)31-13-19(25)22-15-5-7-16(8-6-15)32(29,30)23-10-2-1-3-11-23/h4-9,12H,1-3,10-11,13H2,(H,22,25). The molecule has 0 aliphatic carbocycles. The molecule has 1 N–H and O–H groups in total. The van der Waals surface area contributed by atoms with Gasteiger partial charge in [-0.15, -0.1) is 0 Å². The predicted molar refractivity (Wildman–Crippen MR) is 116 cm³/mol. The van der Waals surface area contributed by atoms with E-state index in [2.05, 4.69) is 5.32 Å². The van der Waals surface area contributed by atoms with Crippen molar-refractivity contribution in [2.24, 2.45) is 0 Å². The molecule has 3 rings (SSSR count). The van der Waals surface area contributed by atoms with Crippen LogP contribution in [0.25, 0.3) is 0 Å². The van der Waals surface area contributed by atoms with E-state index in [1.165, 1.54) is 34.6 Å². The summed E-state index contributed by atoms with van der Waals surface area (Å²) in [5, 5.41) is 13.6. The molecule has 1 amide bonds. The SMILES string of the molecule is O=C(COC(=O)c1ccc(Cl)cc1[N+](=O)[O-])Nc1ccc(S(=O)(=O)N2CCCCC2)cc1. The van der Waals surface area contributed by atoms with Crippen molar-refractivity contribution in [3.8, 4) is 0 Å². The van der Waals surface area contributed by atoms with Crippen molar-refractivity contribution in [3.63, 3.8) is 0 Å². The zero-order valence-corrected chi connectivity index (χ0v) is 18.4. The normalized spacial score (nSPS) is 14.5. The van der Waals surface area contributed by atoms with E-state index < -0.39 is 39.1 Å². The molecule has 12 heteroatoms. The maximum absolute atomic E-state index is 12.7. The number of carbonyl (C=O) groups is 2. The molecule has 10 nitrogen and oxygen atoms in total. The number of nitrogens with zero attached hydrogens (tertiary/aromatic N) is 2. The molecule has 32 heavy (non-hydrogen) atoms. The van der Waals surface area contributed by atoms with Crippen molar-refractivity contribution in [2.75, 3.05) is 25.0 Å². The minimum Gasteiger partial charge on any atom is -0.452 e. The van der Waals surface area contributed by atoms with Gasteiger partial charge in [0.2, 0.25) is 10.0 Å². The van der Waals surface area contributed by atoms with E-state index in [0.717, 1.165) is 31.4 Å². The molecule has 1 aliphatic heterocycles. The van der Waals surface area contributed by atoms with Crippen LogP contribution in [0.3, 0.4) is 0 Å². The third-order valence-corrected chi connectivity index (χ3v) is 6.95. The molecule has 1 fully saturated rings. The van der Waals surface area contributed by atoms with Crippen molar-refractivity contribution in [3.05, 3.63) is 63.2 Å². The zero-order chi connectivity index (χ0) is 23.3. The second kappa shape index (κ2) is 10.1. The molecule has 1 heterocycles. The second-order valence-corrected chi connectivity index (χ2v) is 9.41. The van der Waals surface area contributed by atoms with Crippen LogP contribution in [0.1, 0.15) is 29.6 Å². The van der Waals surface area contributed by atoms with Crippen LogP contribution >= 0.6 is 11.6 Å². The molecule has 2 aromatic carbocycles. The predicted octanol–water partition coefficient (Wildman–Crippen LogP) is 3.22. The highest BCUT2D eigenvalue weighted by Gasteiger charge is 2.26. The van der Waals surface area contributed by atoms with Crippen molar-refractivity contribution in [1.29, 1.82) is 0 Å². The summed E-state index contributed by atoms with van der Waals surface area (Å²) in [6, 6.07) is 9.09. The molecule has 0 atom stereocenters. The Labute approximate surface area is 189 Å². The summed E-state index contributed by atoms with van der Waals surface area (Å²) < 4.78 is 31.6. The molecule has 0 aromatic heterocycles. The van der Waals surface area contributed by atoms with E-state index in [4.69, 9.17) is 16.3 Å². The Hall–Kier alpha value is -3.02. The van der Waals surface area contributed by atoms with E-state index in [0.29, 0.717) is 18.8 Å². The maximum Gasteiger partial charge on any atom is 0.345 e. The average molecular weight is 482 g/mol. The number of nitrogens with one attached hydrogen (secondary N) is 1. The molecule has 0 saturated carbocycles. The highest BCUT2D eigenvalue weighted by Crippen LogP contribution is 2.24. The van der Waals surface area contributed by atoms with Gasteiger partial charge < -0.3 is 10.1 Å². The second-order valence-electron chi connectivity index (χ2n) is 7.03. The van der Waals surface area contributed by atoms with Crippen molar-refractivity contribution >= 4 is 44.9 Å². The van der Waals surface area contributed by atoms with Gasteiger partial charge in [0.1, 0.15) is 5.56 Å². The van der Waals surface area contributed by atoms with Gasteiger partial charge in [-0.05, 0) is 49.2 Å². The number of amides is 1. The fraction of sp³-hybridized carbons (Fsp3) is 0.300. The molecular weight excluding hydrogens is 462 g/mol. The number of hydrogen-bond acceptors (Lipinski definition) is 7. The van der Waals surface area contributed by atoms with Gasteiger partial charge in [0.05, 0.1) is 9.82 Å². The number of esters is 1. The van der Waals surface area contributed by atoms with E-state index in [1.54, 1.807) is 0 Å². The lowest BCUT2D eigenvalue weighted by Gasteiger charge is -2.25. The largest absolute Gasteiger partial charge is 0.452 e. The third-order valence-electron chi connectivity index (χ3n) is 4.80. The number of hydrogen-bond donors (Lipinski definition) is 1. The smallest absolute Gasteiger partial charge is 0.345 e. The minimum absolute atomic E-state index is 0.0803. The Morgan fingerprint density at radius 3 is 2.38 bits per heavy atom. The Balaban J connectivity index is 1.59. The number of piperidine rings is 1. The lowest BCUT2D eigenvalue weighted by molar-refractivity contribution is -0.385. The summed E-state index contributed by atoms with van der Waals surface area (Å²) in [6.07, 6.45) is 2.66. The molecule has 0 spiro atoms. The number of anilines is 1. The number of rotatable bonds is 7. The zero-order valence-electron chi connectivity index (χ0n) is 16.8. The van der Waals surface area contributed by atoms with Crippen LogP contribution < -0.4 is 5.32 Å². The van der Waals surface area contributed by atoms with Crippen LogP contribution in [0.5, 0.6) is 0 Å². The maximum atomic E-state index is 12.7. The lowest BCUT2D eigenvalue weighted by Crippen LogP contribution is -2.35. The summed E-state index contributed by atoms with van der Waals surface area (Å²) in [4.78, 5) is 34.6. The van der Waals surface area contributed by atoms with Crippen molar-refractivity contribution in [1.82, 2.24) is 4.31 Å².